The van der Waals surface area contributed by atoms with Crippen LogP contribution in [0.5, 0.6) is 0 Å². The summed E-state index contributed by atoms with van der Waals surface area (Å²) in [4.78, 5) is 0. The smallest absolute Gasteiger partial charge is 0.0765 e. The summed E-state index contributed by atoms with van der Waals surface area (Å²) < 4.78 is 0. The minimum absolute atomic E-state index is 0.784. The number of hydrogen-bond acceptors (Lipinski definition) is 2. The molecule has 3 heteroatoms. The van der Waals surface area contributed by atoms with Crippen molar-refractivity contribution in [2.75, 3.05) is 0 Å². The zero-order valence-corrected chi connectivity index (χ0v) is 6.72. The van der Waals surface area contributed by atoms with E-state index in [2.05, 4.69) is 26.1 Å². The second kappa shape index (κ2) is 2.92. The normalized spacial score (nSPS) is 9.56. The first-order valence-corrected chi connectivity index (χ1v) is 3.80. The van der Waals surface area contributed by atoms with E-state index in [1.54, 1.807) is 6.20 Å². The van der Waals surface area contributed by atoms with Gasteiger partial charge in [-0.05, 0) is 18.6 Å². The van der Waals surface area contributed by atoms with E-state index in [0.717, 1.165) is 11.0 Å². The van der Waals surface area contributed by atoms with Crippen LogP contribution in [0, 0.1) is 6.92 Å². The van der Waals surface area contributed by atoms with Crippen molar-refractivity contribution in [1.29, 1.82) is 0 Å². The first-order chi connectivity index (χ1) is 4.34. The molecule has 1 aromatic rings. The van der Waals surface area contributed by atoms with Gasteiger partial charge in [-0.25, -0.2) is 0 Å². The maximum atomic E-state index is 3.90. The second-order valence-corrected chi connectivity index (χ2v) is 2.36. The molecule has 0 saturated carbocycles. The fraction of sp³-hybridized carbons (Fsp3) is 0.333. The lowest BCUT2D eigenvalue weighted by Crippen LogP contribution is -1.90. The molecule has 0 aliphatic rings. The Morgan fingerprint density at radius 1 is 1.67 bits per heavy atom. The zero-order valence-electron chi connectivity index (χ0n) is 5.13. The average Bonchev–Trinajstić information content (AvgIpc) is 1.89. The predicted molar refractivity (Wildman–Crippen MR) is 39.4 cm³/mol. The van der Waals surface area contributed by atoms with Gasteiger partial charge in [0.2, 0.25) is 0 Å². The largest absolute Gasteiger partial charge is 0.159 e. The van der Waals surface area contributed by atoms with E-state index in [1.165, 1.54) is 5.56 Å². The van der Waals surface area contributed by atoms with Gasteiger partial charge in [-0.3, -0.25) is 0 Å². The van der Waals surface area contributed by atoms with Gasteiger partial charge in [-0.2, -0.15) is 10.2 Å². The third-order valence-corrected chi connectivity index (χ3v) is 1.68. The minimum atomic E-state index is 0.784. The predicted octanol–water partition coefficient (Wildman–Crippen LogP) is 1.68. The Bertz CT molecular complexity index is 200. The lowest BCUT2D eigenvalue weighted by Gasteiger charge is -1.94. The summed E-state index contributed by atoms with van der Waals surface area (Å²) in [6.07, 6.45) is 1.70. The molecule has 0 aliphatic carbocycles. The van der Waals surface area contributed by atoms with Crippen molar-refractivity contribution in [3.05, 3.63) is 23.5 Å². The third-order valence-electron chi connectivity index (χ3n) is 1.15. The van der Waals surface area contributed by atoms with Gasteiger partial charge in [-0.15, -0.1) is 0 Å². The van der Waals surface area contributed by atoms with E-state index in [1.807, 2.05) is 13.0 Å². The standard InChI is InChI=1S/C6H7BrN2/c1-5-2-3-8-9-6(5)4-7/h2-3H,4H2,1H3. The first-order valence-electron chi connectivity index (χ1n) is 2.67. The van der Waals surface area contributed by atoms with Crippen molar-refractivity contribution in [3.63, 3.8) is 0 Å². The van der Waals surface area contributed by atoms with Crippen LogP contribution in [0.1, 0.15) is 11.3 Å². The summed E-state index contributed by atoms with van der Waals surface area (Å²) >= 11 is 3.31. The second-order valence-electron chi connectivity index (χ2n) is 1.79. The fourth-order valence-electron chi connectivity index (χ4n) is 0.555. The summed E-state index contributed by atoms with van der Waals surface area (Å²) in [6, 6.07) is 1.95. The summed E-state index contributed by atoms with van der Waals surface area (Å²) in [5.74, 6) is 0. The molecule has 1 aromatic heterocycles. The molecule has 2 nitrogen and oxygen atoms in total. The minimum Gasteiger partial charge on any atom is -0.159 e. The van der Waals surface area contributed by atoms with E-state index >= 15 is 0 Å². The molecule has 0 radical (unpaired) electrons. The highest BCUT2D eigenvalue weighted by Crippen LogP contribution is 2.04. The third kappa shape index (κ3) is 1.48. The molecule has 0 saturated heterocycles. The Kier molecular flexibility index (Phi) is 2.16. The monoisotopic (exact) mass is 186 g/mol. The molecule has 0 fully saturated rings. The van der Waals surface area contributed by atoms with Crippen molar-refractivity contribution in [2.24, 2.45) is 0 Å². The lowest BCUT2D eigenvalue weighted by atomic mass is 10.3. The molecule has 48 valence electrons. The Balaban J connectivity index is 3.01. The van der Waals surface area contributed by atoms with Crippen LogP contribution in [0.15, 0.2) is 12.3 Å². The molecule has 0 N–H and O–H groups in total. The van der Waals surface area contributed by atoms with Crippen LogP contribution in [0.2, 0.25) is 0 Å². The fourth-order valence-corrected chi connectivity index (χ4v) is 1.11. The van der Waals surface area contributed by atoms with E-state index in [0.29, 0.717) is 0 Å². The van der Waals surface area contributed by atoms with Gasteiger partial charge in [0.05, 0.1) is 5.69 Å². The molecule has 1 rings (SSSR count). The van der Waals surface area contributed by atoms with Gasteiger partial charge in [0.15, 0.2) is 0 Å². The zero-order chi connectivity index (χ0) is 6.69. The van der Waals surface area contributed by atoms with Crippen LogP contribution in [0.3, 0.4) is 0 Å². The molecule has 9 heavy (non-hydrogen) atoms. The average molecular weight is 187 g/mol. The van der Waals surface area contributed by atoms with Crippen molar-refractivity contribution in [2.45, 2.75) is 12.3 Å². The van der Waals surface area contributed by atoms with E-state index in [4.69, 9.17) is 0 Å². The maximum Gasteiger partial charge on any atom is 0.0765 e. The molecule has 0 amide bonds. The maximum absolute atomic E-state index is 3.90. The summed E-state index contributed by atoms with van der Waals surface area (Å²) in [5, 5.41) is 8.42. The molecule has 0 spiro atoms. The van der Waals surface area contributed by atoms with Crippen molar-refractivity contribution in [1.82, 2.24) is 10.2 Å². The number of aromatic nitrogens is 2. The summed E-state index contributed by atoms with van der Waals surface area (Å²) in [6.45, 7) is 2.02. The number of rotatable bonds is 1. The van der Waals surface area contributed by atoms with Crippen molar-refractivity contribution >= 4 is 15.9 Å². The van der Waals surface area contributed by atoms with E-state index < -0.39 is 0 Å². The lowest BCUT2D eigenvalue weighted by molar-refractivity contribution is 0.955. The van der Waals surface area contributed by atoms with E-state index in [9.17, 15) is 0 Å². The topological polar surface area (TPSA) is 25.8 Å². The van der Waals surface area contributed by atoms with Crippen molar-refractivity contribution < 1.29 is 0 Å². The molecule has 1 heterocycles. The number of halogens is 1. The number of nitrogens with zero attached hydrogens (tertiary/aromatic N) is 2. The molecular weight excluding hydrogens is 180 g/mol. The SMILES string of the molecule is Cc1ccnnc1CBr. The molecular formula is C6H7BrN2. The van der Waals surface area contributed by atoms with Gasteiger partial charge in [0, 0.05) is 11.5 Å². The van der Waals surface area contributed by atoms with Crippen LogP contribution >= 0.6 is 15.9 Å². The van der Waals surface area contributed by atoms with E-state index in [-0.39, 0.29) is 0 Å². The highest BCUT2D eigenvalue weighted by Gasteiger charge is 1.93. The van der Waals surface area contributed by atoms with Crippen LogP contribution in [0.25, 0.3) is 0 Å². The number of alkyl halides is 1. The summed E-state index contributed by atoms with van der Waals surface area (Å²) in [5.41, 5.74) is 2.19. The Morgan fingerprint density at radius 3 is 2.89 bits per heavy atom. The van der Waals surface area contributed by atoms with Gasteiger partial charge >= 0.3 is 0 Å². The molecule has 0 bridgehead atoms. The van der Waals surface area contributed by atoms with Crippen molar-refractivity contribution in [3.8, 4) is 0 Å². The Hall–Kier alpha value is -0.440. The highest BCUT2D eigenvalue weighted by molar-refractivity contribution is 9.08. The number of aryl methyl sites for hydroxylation is 1. The Labute approximate surface area is 62.4 Å². The molecule has 0 unspecified atom stereocenters. The van der Waals surface area contributed by atoms with Crippen LogP contribution in [-0.2, 0) is 5.33 Å². The van der Waals surface area contributed by atoms with Crippen LogP contribution < -0.4 is 0 Å². The van der Waals surface area contributed by atoms with Gasteiger partial charge in [-0.1, -0.05) is 15.9 Å². The van der Waals surface area contributed by atoms with Gasteiger partial charge < -0.3 is 0 Å². The highest BCUT2D eigenvalue weighted by atomic mass is 79.9. The van der Waals surface area contributed by atoms with Crippen LogP contribution in [-0.4, -0.2) is 10.2 Å². The molecule has 0 aliphatic heterocycles. The van der Waals surface area contributed by atoms with Gasteiger partial charge in [0.25, 0.3) is 0 Å². The first kappa shape index (κ1) is 6.68. The van der Waals surface area contributed by atoms with Crippen LogP contribution in [0.4, 0.5) is 0 Å². The Morgan fingerprint density at radius 2 is 2.44 bits per heavy atom. The summed E-state index contributed by atoms with van der Waals surface area (Å²) in [7, 11) is 0. The molecule has 0 atom stereocenters. The van der Waals surface area contributed by atoms with Gasteiger partial charge in [0.1, 0.15) is 0 Å². The quantitative estimate of drug-likeness (QED) is 0.625. The molecule has 0 aromatic carbocycles. The number of hydrogen-bond donors (Lipinski definition) is 0.